The quantitative estimate of drug-likeness (QED) is 0.731. The first-order valence-electron chi connectivity index (χ1n) is 6.37. The second-order valence-corrected chi connectivity index (χ2v) is 5.19. The molecule has 116 valence electrons. The van der Waals surface area contributed by atoms with Crippen molar-refractivity contribution in [3.8, 4) is 6.07 Å². The van der Waals surface area contributed by atoms with Crippen LogP contribution in [-0.2, 0) is 9.47 Å². The number of rotatable bonds is 8. The zero-order chi connectivity index (χ0) is 15.8. The molecule has 0 spiro atoms. The average molecular weight is 312 g/mol. The average Bonchev–Trinajstić information content (AvgIpc) is 2.83. The van der Waals surface area contributed by atoms with Crippen LogP contribution in [0.1, 0.15) is 15.2 Å². The van der Waals surface area contributed by atoms with Crippen molar-refractivity contribution < 1.29 is 14.3 Å². The normalized spacial score (nSPS) is 10.2. The van der Waals surface area contributed by atoms with Gasteiger partial charge < -0.3 is 25.4 Å². The number of carbonyl (C=O) groups excluding carboxylic acids is 1. The minimum atomic E-state index is -0.305. The third-order valence-corrected chi connectivity index (χ3v) is 4.07. The van der Waals surface area contributed by atoms with Gasteiger partial charge in [-0.1, -0.05) is 0 Å². The lowest BCUT2D eigenvalue weighted by Gasteiger charge is -2.23. The molecule has 1 amide bonds. The molecule has 1 rings (SSSR count). The molecular formula is C13H20N4O3S. The van der Waals surface area contributed by atoms with Gasteiger partial charge in [0.2, 0.25) is 0 Å². The number of nitrogens with zero attached hydrogens (tertiary/aromatic N) is 2. The number of carbonyl (C=O) groups is 1. The summed E-state index contributed by atoms with van der Waals surface area (Å²) in [5, 5.41) is 12.3. The lowest BCUT2D eigenvalue weighted by Crippen LogP contribution is -2.32. The van der Waals surface area contributed by atoms with E-state index < -0.39 is 0 Å². The highest BCUT2D eigenvalue weighted by Gasteiger charge is 2.25. The first-order valence-corrected chi connectivity index (χ1v) is 7.19. The minimum Gasteiger partial charge on any atom is -0.396 e. The number of nitrogen functional groups attached to an aromatic ring is 1. The standard InChI is InChI=1S/C13H20N4O3S/c1-16-12(18)10-11(15)9(8-14)21-13(10)17(4-6-19-2)5-7-20-3/h4-7,15H2,1-3H3,(H,16,18). The van der Waals surface area contributed by atoms with Crippen LogP contribution in [0.5, 0.6) is 0 Å². The maximum atomic E-state index is 12.1. The Morgan fingerprint density at radius 1 is 1.38 bits per heavy atom. The number of nitrogens with two attached hydrogens (primary N) is 1. The number of anilines is 2. The van der Waals surface area contributed by atoms with Crippen molar-refractivity contribution in [1.29, 1.82) is 5.26 Å². The van der Waals surface area contributed by atoms with E-state index in [1.54, 1.807) is 14.2 Å². The highest BCUT2D eigenvalue weighted by Crippen LogP contribution is 2.37. The Kier molecular flexibility index (Phi) is 6.94. The van der Waals surface area contributed by atoms with Crippen LogP contribution >= 0.6 is 11.3 Å². The predicted octanol–water partition coefficient (Wildman–Crippen LogP) is 0.661. The van der Waals surface area contributed by atoms with Gasteiger partial charge >= 0.3 is 0 Å². The molecule has 0 saturated carbocycles. The van der Waals surface area contributed by atoms with E-state index in [1.807, 2.05) is 11.0 Å². The molecule has 0 atom stereocenters. The largest absolute Gasteiger partial charge is 0.396 e. The number of thiophene rings is 1. The fourth-order valence-electron chi connectivity index (χ4n) is 1.80. The van der Waals surface area contributed by atoms with Crippen molar-refractivity contribution in [3.63, 3.8) is 0 Å². The molecule has 0 aliphatic rings. The van der Waals surface area contributed by atoms with Crippen LogP contribution < -0.4 is 16.0 Å². The van der Waals surface area contributed by atoms with Gasteiger partial charge in [0.05, 0.1) is 24.5 Å². The smallest absolute Gasteiger partial charge is 0.256 e. The van der Waals surface area contributed by atoms with Crippen LogP contribution in [0.15, 0.2) is 0 Å². The van der Waals surface area contributed by atoms with Crippen LogP contribution in [-0.4, -0.2) is 53.5 Å². The van der Waals surface area contributed by atoms with Crippen molar-refractivity contribution in [3.05, 3.63) is 10.4 Å². The number of nitriles is 1. The predicted molar refractivity (Wildman–Crippen MR) is 82.8 cm³/mol. The summed E-state index contributed by atoms with van der Waals surface area (Å²) >= 11 is 1.21. The molecule has 8 heteroatoms. The van der Waals surface area contributed by atoms with E-state index >= 15 is 0 Å². The van der Waals surface area contributed by atoms with Crippen molar-refractivity contribution >= 4 is 27.9 Å². The van der Waals surface area contributed by atoms with Gasteiger partial charge in [-0.3, -0.25) is 4.79 Å². The van der Waals surface area contributed by atoms with E-state index in [4.69, 9.17) is 20.5 Å². The fraction of sp³-hybridized carbons (Fsp3) is 0.538. The maximum Gasteiger partial charge on any atom is 0.256 e. The van der Waals surface area contributed by atoms with Gasteiger partial charge in [-0.2, -0.15) is 5.26 Å². The molecule has 1 aromatic heterocycles. The monoisotopic (exact) mass is 312 g/mol. The Morgan fingerprint density at radius 2 is 1.95 bits per heavy atom. The molecule has 0 unspecified atom stereocenters. The Hall–Kier alpha value is -1.82. The summed E-state index contributed by atoms with van der Waals surface area (Å²) in [6.07, 6.45) is 0. The summed E-state index contributed by atoms with van der Waals surface area (Å²) in [4.78, 5) is 14.3. The lowest BCUT2D eigenvalue weighted by molar-refractivity contribution is 0.0964. The van der Waals surface area contributed by atoms with E-state index in [0.717, 1.165) is 0 Å². The zero-order valence-electron chi connectivity index (χ0n) is 12.4. The van der Waals surface area contributed by atoms with Gasteiger partial charge in [-0.15, -0.1) is 11.3 Å². The van der Waals surface area contributed by atoms with E-state index in [0.29, 0.717) is 41.7 Å². The summed E-state index contributed by atoms with van der Waals surface area (Å²) in [6.45, 7) is 2.15. The van der Waals surface area contributed by atoms with E-state index in [1.165, 1.54) is 18.4 Å². The van der Waals surface area contributed by atoms with E-state index in [9.17, 15) is 4.79 Å². The SMILES string of the molecule is CNC(=O)c1c(N(CCOC)CCOC)sc(C#N)c1N. The first kappa shape index (κ1) is 17.2. The second-order valence-electron chi connectivity index (χ2n) is 4.19. The van der Waals surface area contributed by atoms with Crippen LogP contribution in [0.3, 0.4) is 0 Å². The Morgan fingerprint density at radius 3 is 2.38 bits per heavy atom. The summed E-state index contributed by atoms with van der Waals surface area (Å²) in [7, 11) is 4.75. The zero-order valence-corrected chi connectivity index (χ0v) is 13.2. The molecule has 0 radical (unpaired) electrons. The number of hydrogen-bond acceptors (Lipinski definition) is 7. The molecule has 1 aromatic rings. The molecule has 1 heterocycles. The lowest BCUT2D eigenvalue weighted by atomic mass is 10.2. The summed E-state index contributed by atoms with van der Waals surface area (Å²) < 4.78 is 10.2. The highest BCUT2D eigenvalue weighted by atomic mass is 32.1. The third kappa shape index (κ3) is 4.07. The number of hydrogen-bond donors (Lipinski definition) is 2. The minimum absolute atomic E-state index is 0.219. The topological polar surface area (TPSA) is 101 Å². The Bertz CT molecular complexity index is 516. The summed E-state index contributed by atoms with van der Waals surface area (Å²) in [5.74, 6) is -0.305. The molecule has 3 N–H and O–H groups in total. The highest BCUT2D eigenvalue weighted by molar-refractivity contribution is 7.17. The van der Waals surface area contributed by atoms with Gasteiger partial charge in [-0.25, -0.2) is 0 Å². The molecule has 0 bridgehead atoms. The van der Waals surface area contributed by atoms with Gasteiger partial charge in [0.15, 0.2) is 0 Å². The van der Waals surface area contributed by atoms with Crippen molar-refractivity contribution in [2.75, 3.05) is 58.2 Å². The Labute approximate surface area is 128 Å². The van der Waals surface area contributed by atoms with Crippen molar-refractivity contribution in [2.45, 2.75) is 0 Å². The Balaban J connectivity index is 3.21. The number of amides is 1. The summed E-state index contributed by atoms with van der Waals surface area (Å²) in [5.41, 5.74) is 6.48. The molecule has 7 nitrogen and oxygen atoms in total. The fourth-order valence-corrected chi connectivity index (χ4v) is 2.87. The van der Waals surface area contributed by atoms with Crippen molar-refractivity contribution in [1.82, 2.24) is 5.32 Å². The molecule has 0 fully saturated rings. The summed E-state index contributed by atoms with van der Waals surface area (Å²) in [6, 6.07) is 2.03. The van der Waals surface area contributed by atoms with Crippen molar-refractivity contribution in [2.24, 2.45) is 0 Å². The van der Waals surface area contributed by atoms with Gasteiger partial charge in [0.1, 0.15) is 15.9 Å². The van der Waals surface area contributed by atoms with E-state index in [-0.39, 0.29) is 11.6 Å². The van der Waals surface area contributed by atoms with E-state index in [2.05, 4.69) is 5.32 Å². The van der Waals surface area contributed by atoms with Gasteiger partial charge in [-0.05, 0) is 0 Å². The maximum absolute atomic E-state index is 12.1. The van der Waals surface area contributed by atoms with Crippen LogP contribution in [0.4, 0.5) is 10.7 Å². The van der Waals surface area contributed by atoms with Gasteiger partial charge in [0, 0.05) is 34.4 Å². The molecule has 21 heavy (non-hydrogen) atoms. The second kappa shape index (κ2) is 8.46. The third-order valence-electron chi connectivity index (χ3n) is 2.90. The molecule has 0 aliphatic carbocycles. The van der Waals surface area contributed by atoms with Crippen LogP contribution in [0, 0.1) is 11.3 Å². The van der Waals surface area contributed by atoms with Crippen LogP contribution in [0.25, 0.3) is 0 Å². The number of ether oxygens (including phenoxy) is 2. The first-order chi connectivity index (χ1) is 10.1. The molecular weight excluding hydrogens is 292 g/mol. The molecule has 0 saturated heterocycles. The van der Waals surface area contributed by atoms with Crippen LogP contribution in [0.2, 0.25) is 0 Å². The molecule has 0 aromatic carbocycles. The number of methoxy groups -OCH3 is 2. The molecule has 0 aliphatic heterocycles. The number of nitrogens with one attached hydrogen (secondary N) is 1. The van der Waals surface area contributed by atoms with Gasteiger partial charge in [0.25, 0.3) is 5.91 Å².